The Morgan fingerprint density at radius 2 is 1.86 bits per heavy atom. The highest BCUT2D eigenvalue weighted by atomic mass is 16.2. The van der Waals surface area contributed by atoms with E-state index in [1.807, 2.05) is 0 Å². The standard InChI is InChI=1S/C15H26N4O2/c1-4-16-10-12-5-7-19(8-6-12)11-13-9-14(20)18(3)15(21)17(13)2/h9,12,16H,4-8,10-11H2,1-3H3. The van der Waals surface area contributed by atoms with E-state index in [1.54, 1.807) is 17.7 Å². The molecule has 0 aliphatic carbocycles. The third-order valence-corrected chi connectivity index (χ3v) is 4.40. The number of piperidine rings is 1. The van der Waals surface area contributed by atoms with E-state index in [0.717, 1.165) is 42.4 Å². The van der Waals surface area contributed by atoms with Crippen LogP contribution in [0.3, 0.4) is 0 Å². The Hall–Kier alpha value is -1.40. The van der Waals surface area contributed by atoms with Gasteiger partial charge in [-0.1, -0.05) is 6.92 Å². The number of nitrogens with zero attached hydrogens (tertiary/aromatic N) is 3. The molecule has 0 spiro atoms. The van der Waals surface area contributed by atoms with Crippen LogP contribution in [-0.4, -0.2) is 40.2 Å². The fourth-order valence-electron chi connectivity index (χ4n) is 2.86. The molecule has 0 aromatic carbocycles. The van der Waals surface area contributed by atoms with Crippen molar-refractivity contribution in [2.24, 2.45) is 20.0 Å². The maximum atomic E-state index is 11.9. The molecule has 2 rings (SSSR count). The fourth-order valence-corrected chi connectivity index (χ4v) is 2.86. The van der Waals surface area contributed by atoms with Crippen LogP contribution in [-0.2, 0) is 20.6 Å². The van der Waals surface area contributed by atoms with Crippen LogP contribution >= 0.6 is 0 Å². The average molecular weight is 294 g/mol. The Bertz CT molecular complexity index is 582. The second kappa shape index (κ2) is 7.04. The van der Waals surface area contributed by atoms with E-state index in [4.69, 9.17) is 0 Å². The zero-order valence-corrected chi connectivity index (χ0v) is 13.3. The maximum absolute atomic E-state index is 11.9. The van der Waals surface area contributed by atoms with Gasteiger partial charge in [-0.2, -0.15) is 0 Å². The van der Waals surface area contributed by atoms with Crippen molar-refractivity contribution in [1.29, 1.82) is 0 Å². The number of rotatable bonds is 5. The van der Waals surface area contributed by atoms with E-state index in [0.29, 0.717) is 6.54 Å². The average Bonchev–Trinajstić information content (AvgIpc) is 2.50. The van der Waals surface area contributed by atoms with Gasteiger partial charge in [0.15, 0.2) is 0 Å². The maximum Gasteiger partial charge on any atom is 0.330 e. The molecular formula is C15H26N4O2. The molecule has 1 aromatic heterocycles. The third kappa shape index (κ3) is 3.83. The Morgan fingerprint density at radius 1 is 1.19 bits per heavy atom. The van der Waals surface area contributed by atoms with Gasteiger partial charge in [0, 0.05) is 32.4 Å². The van der Waals surface area contributed by atoms with Crippen molar-refractivity contribution in [3.05, 3.63) is 32.6 Å². The van der Waals surface area contributed by atoms with E-state index < -0.39 is 0 Å². The van der Waals surface area contributed by atoms with E-state index in [1.165, 1.54) is 19.9 Å². The Kier molecular flexibility index (Phi) is 5.36. The summed E-state index contributed by atoms with van der Waals surface area (Å²) in [6, 6.07) is 1.58. The Morgan fingerprint density at radius 3 is 2.48 bits per heavy atom. The molecule has 0 saturated carbocycles. The lowest BCUT2D eigenvalue weighted by Crippen LogP contribution is -2.41. The molecule has 1 N–H and O–H groups in total. The summed E-state index contributed by atoms with van der Waals surface area (Å²) >= 11 is 0. The molecule has 0 radical (unpaired) electrons. The van der Waals surface area contributed by atoms with Gasteiger partial charge in [0.1, 0.15) is 0 Å². The van der Waals surface area contributed by atoms with E-state index in [9.17, 15) is 9.59 Å². The van der Waals surface area contributed by atoms with Gasteiger partial charge in [0.05, 0.1) is 0 Å². The number of hydrogen-bond acceptors (Lipinski definition) is 4. The summed E-state index contributed by atoms with van der Waals surface area (Å²) < 4.78 is 2.72. The molecule has 0 unspecified atom stereocenters. The summed E-state index contributed by atoms with van der Waals surface area (Å²) in [5, 5.41) is 3.40. The zero-order chi connectivity index (χ0) is 15.4. The normalized spacial score (nSPS) is 17.3. The summed E-state index contributed by atoms with van der Waals surface area (Å²) in [5.74, 6) is 0.744. The van der Waals surface area contributed by atoms with Gasteiger partial charge >= 0.3 is 5.69 Å². The highest BCUT2D eigenvalue weighted by Gasteiger charge is 2.19. The molecule has 118 valence electrons. The minimum atomic E-state index is -0.250. The van der Waals surface area contributed by atoms with Crippen molar-refractivity contribution in [3.8, 4) is 0 Å². The molecule has 21 heavy (non-hydrogen) atoms. The van der Waals surface area contributed by atoms with E-state index in [-0.39, 0.29) is 11.2 Å². The lowest BCUT2D eigenvalue weighted by molar-refractivity contribution is 0.172. The van der Waals surface area contributed by atoms with Crippen LogP contribution in [0.15, 0.2) is 15.7 Å². The van der Waals surface area contributed by atoms with Gasteiger partial charge in [0.2, 0.25) is 0 Å². The van der Waals surface area contributed by atoms with Crippen molar-refractivity contribution in [2.75, 3.05) is 26.2 Å². The van der Waals surface area contributed by atoms with Crippen LogP contribution in [0.5, 0.6) is 0 Å². The van der Waals surface area contributed by atoms with Gasteiger partial charge in [0.25, 0.3) is 5.56 Å². The Labute approximate surface area is 125 Å². The van der Waals surface area contributed by atoms with Crippen LogP contribution in [0.25, 0.3) is 0 Å². The molecule has 0 amide bonds. The van der Waals surface area contributed by atoms with Crippen molar-refractivity contribution in [3.63, 3.8) is 0 Å². The van der Waals surface area contributed by atoms with Crippen molar-refractivity contribution >= 4 is 0 Å². The SMILES string of the molecule is CCNCC1CCN(Cc2cc(=O)n(C)c(=O)n2C)CC1. The minimum Gasteiger partial charge on any atom is -0.317 e. The smallest absolute Gasteiger partial charge is 0.317 e. The lowest BCUT2D eigenvalue weighted by atomic mass is 9.96. The first-order chi connectivity index (χ1) is 10.0. The summed E-state index contributed by atoms with van der Waals surface area (Å²) in [4.78, 5) is 26.0. The zero-order valence-electron chi connectivity index (χ0n) is 13.3. The molecule has 0 atom stereocenters. The topological polar surface area (TPSA) is 59.3 Å². The summed E-state index contributed by atoms with van der Waals surface area (Å²) in [6.45, 7) is 6.98. The molecule has 1 fully saturated rings. The quantitative estimate of drug-likeness (QED) is 0.824. The predicted molar refractivity (Wildman–Crippen MR) is 83.5 cm³/mol. The first-order valence-electron chi connectivity index (χ1n) is 7.72. The number of hydrogen-bond donors (Lipinski definition) is 1. The van der Waals surface area contributed by atoms with Crippen LogP contribution in [0.2, 0.25) is 0 Å². The third-order valence-electron chi connectivity index (χ3n) is 4.40. The molecular weight excluding hydrogens is 268 g/mol. The first kappa shape index (κ1) is 16.0. The molecule has 6 nitrogen and oxygen atoms in total. The molecule has 2 heterocycles. The lowest BCUT2D eigenvalue weighted by Gasteiger charge is -2.32. The van der Waals surface area contributed by atoms with Crippen molar-refractivity contribution in [2.45, 2.75) is 26.3 Å². The molecule has 1 aliphatic heterocycles. The number of likely N-dealkylation sites (tertiary alicyclic amines) is 1. The number of aromatic nitrogens is 2. The highest BCUT2D eigenvalue weighted by molar-refractivity contribution is 5.02. The second-order valence-corrected chi connectivity index (χ2v) is 5.90. The van der Waals surface area contributed by atoms with Gasteiger partial charge in [-0.25, -0.2) is 4.79 Å². The molecule has 1 aromatic rings. The molecule has 6 heteroatoms. The second-order valence-electron chi connectivity index (χ2n) is 5.90. The van der Waals surface area contributed by atoms with Gasteiger partial charge < -0.3 is 5.32 Å². The highest BCUT2D eigenvalue weighted by Crippen LogP contribution is 2.17. The summed E-state index contributed by atoms with van der Waals surface area (Å²) in [5.41, 5.74) is 0.322. The van der Waals surface area contributed by atoms with Crippen molar-refractivity contribution < 1.29 is 0 Å². The monoisotopic (exact) mass is 294 g/mol. The largest absolute Gasteiger partial charge is 0.330 e. The summed E-state index contributed by atoms with van der Waals surface area (Å²) in [7, 11) is 3.25. The van der Waals surface area contributed by atoms with Crippen LogP contribution < -0.4 is 16.6 Å². The molecule has 1 saturated heterocycles. The van der Waals surface area contributed by atoms with Crippen LogP contribution in [0.4, 0.5) is 0 Å². The van der Waals surface area contributed by atoms with Gasteiger partial charge in [-0.3, -0.25) is 18.8 Å². The molecule has 0 bridgehead atoms. The Balaban J connectivity index is 1.98. The number of nitrogens with one attached hydrogen (secondary N) is 1. The first-order valence-corrected chi connectivity index (χ1v) is 7.72. The van der Waals surface area contributed by atoms with Crippen molar-refractivity contribution in [1.82, 2.24) is 19.4 Å². The summed E-state index contributed by atoms with van der Waals surface area (Å²) in [6.07, 6.45) is 2.34. The minimum absolute atomic E-state index is 0.227. The van der Waals surface area contributed by atoms with Crippen LogP contribution in [0.1, 0.15) is 25.5 Å². The van der Waals surface area contributed by atoms with E-state index in [2.05, 4.69) is 17.1 Å². The predicted octanol–water partition coefficient (Wildman–Crippen LogP) is -0.0945. The van der Waals surface area contributed by atoms with Gasteiger partial charge in [-0.05, 0) is 44.9 Å². The van der Waals surface area contributed by atoms with Gasteiger partial charge in [-0.15, -0.1) is 0 Å². The van der Waals surface area contributed by atoms with Crippen LogP contribution in [0, 0.1) is 5.92 Å². The van der Waals surface area contributed by atoms with E-state index >= 15 is 0 Å². The molecule has 1 aliphatic rings. The fraction of sp³-hybridized carbons (Fsp3) is 0.733.